The number of nitrogens with one attached hydrogen (secondary N) is 1. The van der Waals surface area contributed by atoms with Gasteiger partial charge in [-0.1, -0.05) is 24.3 Å². The third-order valence-corrected chi connectivity index (χ3v) is 4.35. The minimum Gasteiger partial charge on any atom is -0.355 e. The van der Waals surface area contributed by atoms with Crippen LogP contribution in [0.2, 0.25) is 0 Å². The van der Waals surface area contributed by atoms with Gasteiger partial charge in [-0.05, 0) is 23.8 Å². The molecule has 3 N–H and O–H groups in total. The lowest BCUT2D eigenvalue weighted by Crippen LogP contribution is -2.10. The van der Waals surface area contributed by atoms with Gasteiger partial charge in [0.1, 0.15) is 0 Å². The molecule has 1 heterocycles. The summed E-state index contributed by atoms with van der Waals surface area (Å²) in [7, 11) is 0. The molecule has 2 nitrogen and oxygen atoms in total. The molecule has 0 saturated carbocycles. The van der Waals surface area contributed by atoms with Crippen LogP contribution in [0, 0.1) is 23.3 Å². The van der Waals surface area contributed by atoms with Gasteiger partial charge in [-0.15, -0.1) is 0 Å². The molecule has 6 heteroatoms. The molecule has 25 heavy (non-hydrogen) atoms. The number of benzene rings is 3. The van der Waals surface area contributed by atoms with Crippen LogP contribution >= 0.6 is 0 Å². The van der Waals surface area contributed by atoms with E-state index in [4.69, 9.17) is 5.73 Å². The second-order valence-corrected chi connectivity index (χ2v) is 5.74. The number of nitrogens with two attached hydrogens (primary N) is 1. The molecular weight excluding hydrogens is 332 g/mol. The molecule has 0 saturated heterocycles. The number of rotatable bonds is 2. The molecule has 0 aliphatic heterocycles. The lowest BCUT2D eigenvalue weighted by atomic mass is 9.99. The van der Waals surface area contributed by atoms with Crippen LogP contribution in [-0.2, 0) is 6.54 Å². The van der Waals surface area contributed by atoms with Crippen molar-refractivity contribution < 1.29 is 17.6 Å². The third-order valence-electron chi connectivity index (χ3n) is 4.35. The Kier molecular flexibility index (Phi) is 3.51. The fraction of sp³-hybridized carbons (Fsp3) is 0.0526. The van der Waals surface area contributed by atoms with Gasteiger partial charge in [0.15, 0.2) is 23.3 Å². The fourth-order valence-electron chi connectivity index (χ4n) is 3.11. The zero-order chi connectivity index (χ0) is 17.7. The molecule has 0 aliphatic carbocycles. The van der Waals surface area contributed by atoms with Gasteiger partial charge in [0.2, 0.25) is 0 Å². The van der Waals surface area contributed by atoms with Gasteiger partial charge < -0.3 is 10.7 Å². The molecule has 1 aromatic heterocycles. The van der Waals surface area contributed by atoms with Crippen molar-refractivity contribution in [2.75, 3.05) is 0 Å². The molecule has 0 atom stereocenters. The molecule has 3 aromatic carbocycles. The van der Waals surface area contributed by atoms with Gasteiger partial charge >= 0.3 is 0 Å². The number of halogens is 4. The maximum atomic E-state index is 14.4. The molecular formula is C19H12F4N2. The van der Waals surface area contributed by atoms with Crippen molar-refractivity contribution in [1.82, 2.24) is 4.98 Å². The Labute approximate surface area is 139 Å². The van der Waals surface area contributed by atoms with E-state index in [0.717, 1.165) is 16.4 Å². The summed E-state index contributed by atoms with van der Waals surface area (Å²) >= 11 is 0. The Balaban J connectivity index is 2.03. The van der Waals surface area contributed by atoms with E-state index < -0.39 is 40.9 Å². The summed E-state index contributed by atoms with van der Waals surface area (Å²) < 4.78 is 56.8. The SMILES string of the molecule is NCc1c(F)c(F)c(-c2ccc3[nH]c4ccccc4c3c2)c(F)c1F. The lowest BCUT2D eigenvalue weighted by Gasteiger charge is -2.11. The van der Waals surface area contributed by atoms with Crippen LogP contribution in [0.1, 0.15) is 5.56 Å². The van der Waals surface area contributed by atoms with E-state index in [-0.39, 0.29) is 5.56 Å². The molecule has 4 rings (SSSR count). The summed E-state index contributed by atoms with van der Waals surface area (Å²) in [5.74, 6) is -5.82. The second-order valence-electron chi connectivity index (χ2n) is 5.74. The molecule has 0 unspecified atom stereocenters. The minimum atomic E-state index is -1.46. The second kappa shape index (κ2) is 5.60. The maximum absolute atomic E-state index is 14.4. The average Bonchev–Trinajstić information content (AvgIpc) is 2.99. The number of H-pyrrole nitrogens is 1. The quantitative estimate of drug-likeness (QED) is 0.390. The average molecular weight is 344 g/mol. The van der Waals surface area contributed by atoms with Crippen LogP contribution in [0.3, 0.4) is 0 Å². The Morgan fingerprint density at radius 2 is 1.40 bits per heavy atom. The van der Waals surface area contributed by atoms with Crippen LogP contribution in [0.25, 0.3) is 32.9 Å². The number of para-hydroxylation sites is 1. The predicted octanol–water partition coefficient (Wildman–Crippen LogP) is 5.00. The van der Waals surface area contributed by atoms with Gasteiger partial charge in [-0.2, -0.15) is 0 Å². The number of hydrogen-bond donors (Lipinski definition) is 2. The van der Waals surface area contributed by atoms with Crippen molar-refractivity contribution in [3.05, 3.63) is 71.3 Å². The highest BCUT2D eigenvalue weighted by atomic mass is 19.2. The van der Waals surface area contributed by atoms with Crippen molar-refractivity contribution in [3.63, 3.8) is 0 Å². The minimum absolute atomic E-state index is 0.0497. The van der Waals surface area contributed by atoms with Crippen molar-refractivity contribution in [1.29, 1.82) is 0 Å². The highest BCUT2D eigenvalue weighted by Gasteiger charge is 2.25. The molecule has 0 radical (unpaired) electrons. The van der Waals surface area contributed by atoms with E-state index in [9.17, 15) is 17.6 Å². The van der Waals surface area contributed by atoms with Crippen molar-refractivity contribution in [2.24, 2.45) is 5.73 Å². The fourth-order valence-corrected chi connectivity index (χ4v) is 3.11. The summed E-state index contributed by atoms with van der Waals surface area (Å²) in [6.07, 6.45) is 0. The predicted molar refractivity (Wildman–Crippen MR) is 89.0 cm³/mol. The lowest BCUT2D eigenvalue weighted by molar-refractivity contribution is 0.443. The van der Waals surface area contributed by atoms with E-state index in [1.165, 1.54) is 12.1 Å². The molecule has 0 amide bonds. The zero-order valence-corrected chi connectivity index (χ0v) is 12.8. The van der Waals surface area contributed by atoms with Crippen molar-refractivity contribution in [3.8, 4) is 11.1 Å². The van der Waals surface area contributed by atoms with Gasteiger partial charge in [0, 0.05) is 33.9 Å². The first-order valence-corrected chi connectivity index (χ1v) is 7.58. The van der Waals surface area contributed by atoms with Gasteiger partial charge in [-0.3, -0.25) is 0 Å². The first-order chi connectivity index (χ1) is 12.0. The first kappa shape index (κ1) is 15.7. The van der Waals surface area contributed by atoms with E-state index in [1.54, 1.807) is 6.07 Å². The van der Waals surface area contributed by atoms with Gasteiger partial charge in [-0.25, -0.2) is 17.6 Å². The van der Waals surface area contributed by atoms with Crippen LogP contribution in [-0.4, -0.2) is 4.98 Å². The van der Waals surface area contributed by atoms with Crippen molar-refractivity contribution >= 4 is 21.8 Å². The molecule has 4 aromatic rings. The number of fused-ring (bicyclic) bond motifs is 3. The summed E-state index contributed by atoms with van der Waals surface area (Å²) in [6, 6.07) is 12.0. The van der Waals surface area contributed by atoms with E-state index in [2.05, 4.69) is 4.98 Å². The smallest absolute Gasteiger partial charge is 0.170 e. The summed E-state index contributed by atoms with van der Waals surface area (Å²) in [4.78, 5) is 3.17. The van der Waals surface area contributed by atoms with E-state index >= 15 is 0 Å². The first-order valence-electron chi connectivity index (χ1n) is 7.58. The zero-order valence-electron chi connectivity index (χ0n) is 12.8. The Morgan fingerprint density at radius 3 is 2.08 bits per heavy atom. The molecule has 0 spiro atoms. The Morgan fingerprint density at radius 1 is 0.760 bits per heavy atom. The third kappa shape index (κ3) is 2.21. The number of aromatic nitrogens is 1. The maximum Gasteiger partial charge on any atom is 0.170 e. The standard InChI is InChI=1S/C19H12F4N2/c20-16-12(8-24)17(21)19(23)15(18(16)22)9-5-6-14-11(7-9)10-3-1-2-4-13(10)25-14/h1-7,25H,8,24H2. The normalized spacial score (nSPS) is 11.6. The number of aromatic amines is 1. The monoisotopic (exact) mass is 344 g/mol. The Hall–Kier alpha value is -2.86. The van der Waals surface area contributed by atoms with E-state index in [1.807, 2.05) is 24.3 Å². The van der Waals surface area contributed by atoms with Crippen LogP contribution in [0.4, 0.5) is 17.6 Å². The Bertz CT molecular complexity index is 1100. The van der Waals surface area contributed by atoms with E-state index in [0.29, 0.717) is 5.39 Å². The molecule has 0 bridgehead atoms. The topological polar surface area (TPSA) is 41.8 Å². The molecule has 0 fully saturated rings. The van der Waals surface area contributed by atoms with Crippen molar-refractivity contribution in [2.45, 2.75) is 6.54 Å². The summed E-state index contributed by atoms with van der Waals surface area (Å²) in [5.41, 5.74) is 5.31. The highest BCUT2D eigenvalue weighted by Crippen LogP contribution is 2.35. The molecule has 0 aliphatic rings. The molecule has 126 valence electrons. The number of hydrogen-bond acceptors (Lipinski definition) is 1. The van der Waals surface area contributed by atoms with Crippen LogP contribution in [0.15, 0.2) is 42.5 Å². The van der Waals surface area contributed by atoms with Gasteiger partial charge in [0.05, 0.1) is 5.56 Å². The van der Waals surface area contributed by atoms with Crippen LogP contribution < -0.4 is 5.73 Å². The summed E-state index contributed by atoms with van der Waals surface area (Å²) in [6.45, 7) is -0.632. The largest absolute Gasteiger partial charge is 0.355 e. The van der Waals surface area contributed by atoms with Crippen LogP contribution in [0.5, 0.6) is 0 Å². The van der Waals surface area contributed by atoms with Gasteiger partial charge in [0.25, 0.3) is 0 Å². The highest BCUT2D eigenvalue weighted by molar-refractivity contribution is 6.08. The summed E-state index contributed by atoms with van der Waals surface area (Å²) in [5, 5.41) is 1.55.